The Balaban J connectivity index is 2.26. The van der Waals surface area contributed by atoms with E-state index in [1.165, 1.54) is 0 Å². The van der Waals surface area contributed by atoms with Crippen LogP contribution in [0, 0.1) is 5.82 Å². The zero-order valence-corrected chi connectivity index (χ0v) is 14.1. The first kappa shape index (κ1) is 17.4. The summed E-state index contributed by atoms with van der Waals surface area (Å²) in [5, 5.41) is 0.517. The highest BCUT2D eigenvalue weighted by molar-refractivity contribution is 7.90. The van der Waals surface area contributed by atoms with Gasteiger partial charge < -0.3 is 0 Å². The summed E-state index contributed by atoms with van der Waals surface area (Å²) in [6.45, 7) is 3.21. The van der Waals surface area contributed by atoms with Crippen LogP contribution in [-0.4, -0.2) is 14.3 Å². The average molecular weight is 356 g/mol. The van der Waals surface area contributed by atoms with Crippen LogP contribution >= 0.6 is 11.6 Å². The third-order valence-electron chi connectivity index (χ3n) is 3.48. The minimum absolute atomic E-state index is 0.181. The number of rotatable bonds is 4. The second kappa shape index (κ2) is 6.29. The number of carbonyl (C=O) groups excluding carboxylic acids is 1. The van der Waals surface area contributed by atoms with E-state index in [-0.39, 0.29) is 4.90 Å². The van der Waals surface area contributed by atoms with Crippen LogP contribution in [-0.2, 0) is 20.2 Å². The zero-order valence-electron chi connectivity index (χ0n) is 12.5. The van der Waals surface area contributed by atoms with Crippen LogP contribution < -0.4 is 4.72 Å². The summed E-state index contributed by atoms with van der Waals surface area (Å²) in [5.41, 5.74) is -0.466. The molecule has 2 aromatic rings. The number of hydrogen-bond acceptors (Lipinski definition) is 3. The van der Waals surface area contributed by atoms with Crippen LogP contribution in [0.5, 0.6) is 0 Å². The topological polar surface area (TPSA) is 63.2 Å². The number of nitrogens with one attached hydrogen (secondary N) is 1. The molecule has 1 amide bonds. The molecule has 0 radical (unpaired) electrons. The van der Waals surface area contributed by atoms with Crippen LogP contribution in [0.3, 0.4) is 0 Å². The fourth-order valence-corrected chi connectivity index (χ4v) is 3.16. The summed E-state index contributed by atoms with van der Waals surface area (Å²) in [7, 11) is -4.07. The van der Waals surface area contributed by atoms with Crippen LogP contribution in [0.1, 0.15) is 19.4 Å². The molecule has 1 N–H and O–H groups in total. The summed E-state index contributed by atoms with van der Waals surface area (Å²) < 4.78 is 39.3. The third kappa shape index (κ3) is 3.89. The minimum atomic E-state index is -4.07. The standard InChI is InChI=1S/C16H15ClFNO3S/c1-16(2,11-3-5-12(17)6-4-11)15(20)19-23(21,22)14-9-7-13(18)8-10-14/h3-10H,1-2H3,(H,19,20). The van der Waals surface area contributed by atoms with E-state index >= 15 is 0 Å². The van der Waals surface area contributed by atoms with Crippen LogP contribution in [0.2, 0.25) is 5.02 Å². The second-order valence-electron chi connectivity index (χ2n) is 5.52. The Labute approximate surface area is 139 Å². The Kier molecular flexibility index (Phi) is 4.77. The molecular formula is C16H15ClFNO3S. The van der Waals surface area contributed by atoms with Gasteiger partial charge in [-0.25, -0.2) is 17.5 Å². The number of benzene rings is 2. The van der Waals surface area contributed by atoms with Gasteiger partial charge in [-0.05, 0) is 55.8 Å². The second-order valence-corrected chi connectivity index (χ2v) is 7.64. The third-order valence-corrected chi connectivity index (χ3v) is 5.08. The SMILES string of the molecule is CC(C)(C(=O)NS(=O)(=O)c1ccc(F)cc1)c1ccc(Cl)cc1. The van der Waals surface area contributed by atoms with Crippen molar-refractivity contribution in [3.63, 3.8) is 0 Å². The molecule has 0 spiro atoms. The van der Waals surface area contributed by atoms with Crippen molar-refractivity contribution in [1.82, 2.24) is 4.72 Å². The molecule has 4 nitrogen and oxygen atoms in total. The number of hydrogen-bond donors (Lipinski definition) is 1. The monoisotopic (exact) mass is 355 g/mol. The normalized spacial score (nSPS) is 12.0. The minimum Gasteiger partial charge on any atom is -0.273 e. The Hall–Kier alpha value is -1.92. The molecule has 122 valence electrons. The van der Waals surface area contributed by atoms with Gasteiger partial charge in [0.2, 0.25) is 5.91 Å². The summed E-state index contributed by atoms with van der Waals surface area (Å²) in [4.78, 5) is 12.2. The number of halogens is 2. The van der Waals surface area contributed by atoms with Crippen LogP contribution in [0.15, 0.2) is 53.4 Å². The van der Waals surface area contributed by atoms with Crippen molar-refractivity contribution in [1.29, 1.82) is 0 Å². The van der Waals surface area contributed by atoms with Gasteiger partial charge in [0, 0.05) is 5.02 Å². The molecule has 0 aliphatic carbocycles. The highest BCUT2D eigenvalue weighted by Gasteiger charge is 2.33. The van der Waals surface area contributed by atoms with Crippen molar-refractivity contribution in [2.45, 2.75) is 24.2 Å². The van der Waals surface area contributed by atoms with Gasteiger partial charge in [-0.2, -0.15) is 0 Å². The lowest BCUT2D eigenvalue weighted by Gasteiger charge is -2.24. The number of amides is 1. The van der Waals surface area contributed by atoms with E-state index < -0.39 is 27.2 Å². The van der Waals surface area contributed by atoms with Crippen molar-refractivity contribution in [3.05, 3.63) is 64.9 Å². The molecule has 0 unspecified atom stereocenters. The maximum Gasteiger partial charge on any atom is 0.264 e. The molecule has 0 fully saturated rings. The van der Waals surface area contributed by atoms with Crippen molar-refractivity contribution < 1.29 is 17.6 Å². The molecule has 0 aliphatic heterocycles. The van der Waals surface area contributed by atoms with Crippen LogP contribution in [0.4, 0.5) is 4.39 Å². The highest BCUT2D eigenvalue weighted by Crippen LogP contribution is 2.25. The molecule has 0 saturated heterocycles. The largest absolute Gasteiger partial charge is 0.273 e. The van der Waals surface area contributed by atoms with Crippen molar-refractivity contribution >= 4 is 27.5 Å². The van der Waals surface area contributed by atoms with Gasteiger partial charge in [-0.3, -0.25) is 4.79 Å². The van der Waals surface area contributed by atoms with Gasteiger partial charge in [0.25, 0.3) is 10.0 Å². The van der Waals surface area contributed by atoms with E-state index in [9.17, 15) is 17.6 Å². The summed E-state index contributed by atoms with van der Waals surface area (Å²) in [6, 6.07) is 10.8. The first-order valence-corrected chi connectivity index (χ1v) is 8.58. The lowest BCUT2D eigenvalue weighted by Crippen LogP contribution is -2.43. The van der Waals surface area contributed by atoms with Crippen LogP contribution in [0.25, 0.3) is 0 Å². The molecule has 23 heavy (non-hydrogen) atoms. The molecule has 0 aromatic heterocycles. The molecule has 7 heteroatoms. The van der Waals surface area contributed by atoms with Gasteiger partial charge >= 0.3 is 0 Å². The molecule has 0 heterocycles. The van der Waals surface area contributed by atoms with Gasteiger partial charge in [-0.15, -0.1) is 0 Å². The van der Waals surface area contributed by atoms with Crippen molar-refractivity contribution in [2.24, 2.45) is 0 Å². The summed E-state index contributed by atoms with van der Waals surface area (Å²) in [5.74, 6) is -1.25. The van der Waals surface area contributed by atoms with E-state index in [4.69, 9.17) is 11.6 Å². The summed E-state index contributed by atoms with van der Waals surface area (Å²) in [6.07, 6.45) is 0. The van der Waals surface area contributed by atoms with E-state index in [0.717, 1.165) is 24.3 Å². The lowest BCUT2D eigenvalue weighted by molar-refractivity contribution is -0.123. The van der Waals surface area contributed by atoms with E-state index in [2.05, 4.69) is 0 Å². The predicted molar refractivity (Wildman–Crippen MR) is 86.2 cm³/mol. The first-order valence-electron chi connectivity index (χ1n) is 6.72. The maximum absolute atomic E-state index is 12.9. The molecule has 0 bridgehead atoms. The molecule has 2 aromatic carbocycles. The fourth-order valence-electron chi connectivity index (χ4n) is 1.92. The summed E-state index contributed by atoms with van der Waals surface area (Å²) >= 11 is 5.81. The highest BCUT2D eigenvalue weighted by atomic mass is 35.5. The number of carbonyl (C=O) groups is 1. The Morgan fingerprint density at radius 1 is 1.04 bits per heavy atom. The number of sulfonamides is 1. The van der Waals surface area contributed by atoms with Crippen molar-refractivity contribution in [2.75, 3.05) is 0 Å². The van der Waals surface area contributed by atoms with E-state index in [1.54, 1.807) is 38.1 Å². The molecule has 0 aliphatic rings. The molecule has 0 atom stereocenters. The van der Waals surface area contributed by atoms with E-state index in [0.29, 0.717) is 10.6 Å². The quantitative estimate of drug-likeness (QED) is 0.915. The maximum atomic E-state index is 12.9. The van der Waals surface area contributed by atoms with Gasteiger partial charge in [0.05, 0.1) is 10.3 Å². The molecule has 0 saturated carbocycles. The zero-order chi connectivity index (χ0) is 17.3. The van der Waals surface area contributed by atoms with Gasteiger partial charge in [-0.1, -0.05) is 23.7 Å². The predicted octanol–water partition coefficient (Wildman–Crippen LogP) is 3.26. The Morgan fingerprint density at radius 3 is 2.09 bits per heavy atom. The van der Waals surface area contributed by atoms with Gasteiger partial charge in [0.1, 0.15) is 5.82 Å². The first-order chi connectivity index (χ1) is 10.6. The average Bonchev–Trinajstić information content (AvgIpc) is 2.47. The molecule has 2 rings (SSSR count). The Morgan fingerprint density at radius 2 is 1.57 bits per heavy atom. The van der Waals surface area contributed by atoms with E-state index in [1.807, 2.05) is 4.72 Å². The van der Waals surface area contributed by atoms with Gasteiger partial charge in [0.15, 0.2) is 0 Å². The van der Waals surface area contributed by atoms with Crippen molar-refractivity contribution in [3.8, 4) is 0 Å². The lowest BCUT2D eigenvalue weighted by atomic mass is 9.84. The smallest absolute Gasteiger partial charge is 0.264 e. The fraction of sp³-hybridized carbons (Fsp3) is 0.188. The molecular weight excluding hydrogens is 341 g/mol. The Bertz CT molecular complexity index is 815.